The molecular weight excluding hydrogens is 310 g/mol. The zero-order valence-corrected chi connectivity index (χ0v) is 15.0. The number of nitrogens with zero attached hydrogens (tertiary/aromatic N) is 3. The van der Waals surface area contributed by atoms with Crippen LogP contribution >= 0.6 is 0 Å². The fraction of sp³-hybridized carbons (Fsp3) is 0.524. The average molecular weight is 337 g/mol. The Balaban J connectivity index is 1.40. The smallest absolute Gasteiger partial charge is 0.253 e. The third-order valence-corrected chi connectivity index (χ3v) is 5.81. The first kappa shape index (κ1) is 16.5. The minimum Gasteiger partial charge on any atom is -0.339 e. The Morgan fingerprint density at radius 2 is 1.96 bits per heavy atom. The number of benzene rings is 1. The van der Waals surface area contributed by atoms with Crippen molar-refractivity contribution in [1.29, 1.82) is 0 Å². The quantitative estimate of drug-likeness (QED) is 0.840. The highest BCUT2D eigenvalue weighted by molar-refractivity contribution is 5.98. The first-order valence-electron chi connectivity index (χ1n) is 9.59. The summed E-state index contributed by atoms with van der Waals surface area (Å²) in [5.74, 6) is 0.982. The average Bonchev–Trinajstić information content (AvgIpc) is 2.67. The molecule has 2 aromatic rings. The number of carbonyl (C=O) groups excluding carboxylic acids is 1. The standard InChI is InChI=1S/C21H27N3O/c1-16-4-3-11-24(15-16)19-8-12-23(13-9-19)21(25)18-6-7-20-17(14-18)5-2-10-22-20/h2,5-7,10,14,16,19H,3-4,8-9,11-13,15H2,1H3/t16-/m0/s1. The van der Waals surface area contributed by atoms with Gasteiger partial charge < -0.3 is 4.90 Å². The molecule has 0 saturated carbocycles. The van der Waals surface area contributed by atoms with Gasteiger partial charge in [-0.3, -0.25) is 14.7 Å². The van der Waals surface area contributed by atoms with Crippen LogP contribution in [-0.4, -0.2) is 52.9 Å². The van der Waals surface area contributed by atoms with Crippen LogP contribution in [0.4, 0.5) is 0 Å². The lowest BCUT2D eigenvalue weighted by atomic mass is 9.95. The molecule has 0 bridgehead atoms. The van der Waals surface area contributed by atoms with Gasteiger partial charge in [0, 0.05) is 42.8 Å². The zero-order valence-electron chi connectivity index (χ0n) is 15.0. The summed E-state index contributed by atoms with van der Waals surface area (Å²) >= 11 is 0. The summed E-state index contributed by atoms with van der Waals surface area (Å²) in [6.07, 6.45) is 6.69. The highest BCUT2D eigenvalue weighted by Gasteiger charge is 2.29. The molecule has 4 rings (SSSR count). The second kappa shape index (κ2) is 7.12. The van der Waals surface area contributed by atoms with Crippen LogP contribution in [0.2, 0.25) is 0 Å². The molecule has 0 spiro atoms. The van der Waals surface area contributed by atoms with Gasteiger partial charge in [-0.1, -0.05) is 13.0 Å². The second-order valence-electron chi connectivity index (χ2n) is 7.68. The van der Waals surface area contributed by atoms with Crippen LogP contribution in [0, 0.1) is 5.92 Å². The van der Waals surface area contributed by atoms with E-state index < -0.39 is 0 Å². The normalized spacial score (nSPS) is 23.1. The summed E-state index contributed by atoms with van der Waals surface area (Å²) in [5, 5.41) is 1.03. The molecule has 4 heteroatoms. The van der Waals surface area contributed by atoms with Crippen LogP contribution in [0.3, 0.4) is 0 Å². The highest BCUT2D eigenvalue weighted by atomic mass is 16.2. The maximum Gasteiger partial charge on any atom is 0.253 e. The van der Waals surface area contributed by atoms with E-state index in [1.54, 1.807) is 6.20 Å². The number of fused-ring (bicyclic) bond motifs is 1. The number of carbonyl (C=O) groups is 1. The summed E-state index contributed by atoms with van der Waals surface area (Å²) in [6, 6.07) is 10.4. The molecule has 3 heterocycles. The van der Waals surface area contributed by atoms with Crippen LogP contribution < -0.4 is 0 Å². The molecule has 0 N–H and O–H groups in total. The summed E-state index contributed by atoms with van der Waals surface area (Å²) in [7, 11) is 0. The number of piperidine rings is 2. The van der Waals surface area contributed by atoms with E-state index in [1.165, 1.54) is 25.9 Å². The highest BCUT2D eigenvalue weighted by Crippen LogP contribution is 2.24. The maximum atomic E-state index is 12.9. The predicted octanol–water partition coefficient (Wildman–Crippen LogP) is 3.57. The van der Waals surface area contributed by atoms with E-state index in [2.05, 4.69) is 16.8 Å². The number of rotatable bonds is 2. The van der Waals surface area contributed by atoms with Crippen LogP contribution in [0.15, 0.2) is 36.5 Å². The van der Waals surface area contributed by atoms with Crippen molar-refractivity contribution in [1.82, 2.24) is 14.8 Å². The summed E-state index contributed by atoms with van der Waals surface area (Å²) < 4.78 is 0. The number of hydrogen-bond acceptors (Lipinski definition) is 3. The van der Waals surface area contributed by atoms with Gasteiger partial charge in [-0.2, -0.15) is 0 Å². The minimum absolute atomic E-state index is 0.163. The van der Waals surface area contributed by atoms with Crippen molar-refractivity contribution in [3.8, 4) is 0 Å². The number of hydrogen-bond donors (Lipinski definition) is 0. The van der Waals surface area contributed by atoms with Gasteiger partial charge in [-0.15, -0.1) is 0 Å². The summed E-state index contributed by atoms with van der Waals surface area (Å²) in [4.78, 5) is 21.9. The molecule has 132 valence electrons. The van der Waals surface area contributed by atoms with Crippen LogP contribution in [0.1, 0.15) is 43.0 Å². The zero-order chi connectivity index (χ0) is 17.2. The Bertz CT molecular complexity index is 752. The molecular formula is C21H27N3O. The molecule has 1 amide bonds. The molecule has 2 aliphatic rings. The van der Waals surface area contributed by atoms with E-state index in [4.69, 9.17) is 0 Å². The van der Waals surface area contributed by atoms with Crippen LogP contribution in [0.25, 0.3) is 10.9 Å². The van der Waals surface area contributed by atoms with E-state index in [1.807, 2.05) is 35.2 Å². The molecule has 1 atom stereocenters. The van der Waals surface area contributed by atoms with Crippen molar-refractivity contribution in [2.24, 2.45) is 5.92 Å². The molecule has 4 nitrogen and oxygen atoms in total. The minimum atomic E-state index is 0.163. The Morgan fingerprint density at radius 3 is 2.76 bits per heavy atom. The van der Waals surface area contributed by atoms with Crippen LogP contribution in [0.5, 0.6) is 0 Å². The van der Waals surface area contributed by atoms with Crippen molar-refractivity contribution >= 4 is 16.8 Å². The molecule has 25 heavy (non-hydrogen) atoms. The molecule has 2 aliphatic heterocycles. The van der Waals surface area contributed by atoms with Gasteiger partial charge in [0.05, 0.1) is 5.52 Å². The topological polar surface area (TPSA) is 36.4 Å². The predicted molar refractivity (Wildman–Crippen MR) is 101 cm³/mol. The van der Waals surface area contributed by atoms with Gasteiger partial charge in [-0.25, -0.2) is 0 Å². The van der Waals surface area contributed by atoms with Crippen molar-refractivity contribution in [3.05, 3.63) is 42.1 Å². The monoisotopic (exact) mass is 337 g/mol. The lowest BCUT2D eigenvalue weighted by Gasteiger charge is -2.41. The number of pyridine rings is 1. The largest absolute Gasteiger partial charge is 0.339 e. The van der Waals surface area contributed by atoms with Gasteiger partial charge in [0.25, 0.3) is 5.91 Å². The Morgan fingerprint density at radius 1 is 1.12 bits per heavy atom. The number of aromatic nitrogens is 1. The molecule has 0 aliphatic carbocycles. The third-order valence-electron chi connectivity index (χ3n) is 5.81. The van der Waals surface area contributed by atoms with Gasteiger partial charge in [-0.05, 0) is 62.4 Å². The van der Waals surface area contributed by atoms with Gasteiger partial charge >= 0.3 is 0 Å². The van der Waals surface area contributed by atoms with Crippen molar-refractivity contribution in [2.45, 2.75) is 38.6 Å². The fourth-order valence-electron chi connectivity index (χ4n) is 4.38. The summed E-state index contributed by atoms with van der Waals surface area (Å²) in [6.45, 7) is 6.58. The lowest BCUT2D eigenvalue weighted by molar-refractivity contribution is 0.0542. The van der Waals surface area contributed by atoms with Gasteiger partial charge in [0.2, 0.25) is 0 Å². The molecule has 2 saturated heterocycles. The van der Waals surface area contributed by atoms with E-state index in [-0.39, 0.29) is 5.91 Å². The fourth-order valence-corrected chi connectivity index (χ4v) is 4.38. The van der Waals surface area contributed by atoms with Crippen LogP contribution in [-0.2, 0) is 0 Å². The Kier molecular flexibility index (Phi) is 4.71. The van der Waals surface area contributed by atoms with E-state index in [9.17, 15) is 4.79 Å². The molecule has 1 aromatic carbocycles. The molecule has 0 unspecified atom stereocenters. The maximum absolute atomic E-state index is 12.9. The first-order valence-corrected chi connectivity index (χ1v) is 9.59. The first-order chi connectivity index (χ1) is 12.2. The molecule has 0 radical (unpaired) electrons. The van der Waals surface area contributed by atoms with Crippen molar-refractivity contribution in [2.75, 3.05) is 26.2 Å². The van der Waals surface area contributed by atoms with Gasteiger partial charge in [0.1, 0.15) is 0 Å². The van der Waals surface area contributed by atoms with Crippen molar-refractivity contribution < 1.29 is 4.79 Å². The number of likely N-dealkylation sites (tertiary alicyclic amines) is 2. The molecule has 2 fully saturated rings. The van der Waals surface area contributed by atoms with E-state index in [0.717, 1.165) is 48.3 Å². The third kappa shape index (κ3) is 3.54. The van der Waals surface area contributed by atoms with Gasteiger partial charge in [0.15, 0.2) is 0 Å². The SMILES string of the molecule is C[C@H]1CCCN(C2CCN(C(=O)c3ccc4ncccc4c3)CC2)C1. The lowest BCUT2D eigenvalue weighted by Crippen LogP contribution is -2.49. The Labute approximate surface area is 149 Å². The van der Waals surface area contributed by atoms with Crippen molar-refractivity contribution in [3.63, 3.8) is 0 Å². The molecule has 1 aromatic heterocycles. The number of amides is 1. The summed E-state index contributed by atoms with van der Waals surface area (Å²) in [5.41, 5.74) is 1.72. The second-order valence-corrected chi connectivity index (χ2v) is 7.68. The Hall–Kier alpha value is -1.94. The van der Waals surface area contributed by atoms with E-state index >= 15 is 0 Å². The van der Waals surface area contributed by atoms with E-state index in [0.29, 0.717) is 6.04 Å².